The molecule has 1 aromatic heterocycles. The van der Waals surface area contributed by atoms with E-state index in [2.05, 4.69) is 15.2 Å². The third kappa shape index (κ3) is 5.15. The van der Waals surface area contributed by atoms with Crippen molar-refractivity contribution in [3.63, 3.8) is 0 Å². The number of carbonyl (C=O) groups excluding carboxylic acids is 1. The maximum atomic E-state index is 11.8. The fraction of sp³-hybridized carbons (Fsp3) is 0.500. The van der Waals surface area contributed by atoms with E-state index in [-0.39, 0.29) is 11.9 Å². The van der Waals surface area contributed by atoms with Crippen molar-refractivity contribution in [2.75, 3.05) is 20.6 Å². The van der Waals surface area contributed by atoms with E-state index in [4.69, 9.17) is 11.6 Å². The average Bonchev–Trinajstić information content (AvgIpc) is 2.27. The van der Waals surface area contributed by atoms with Gasteiger partial charge in [-0.05, 0) is 46.1 Å². The minimum Gasteiger partial charge on any atom is -0.349 e. The summed E-state index contributed by atoms with van der Waals surface area (Å²) in [6.07, 6.45) is 2.40. The van der Waals surface area contributed by atoms with Gasteiger partial charge in [0.25, 0.3) is 5.91 Å². The van der Waals surface area contributed by atoms with Gasteiger partial charge in [0.1, 0.15) is 5.15 Å². The Morgan fingerprint density at radius 3 is 2.76 bits per heavy atom. The molecule has 1 rings (SSSR count). The molecule has 17 heavy (non-hydrogen) atoms. The Labute approximate surface area is 107 Å². The van der Waals surface area contributed by atoms with Gasteiger partial charge in [0.2, 0.25) is 0 Å². The monoisotopic (exact) mass is 255 g/mol. The summed E-state index contributed by atoms with van der Waals surface area (Å²) in [5.74, 6) is -0.111. The number of aromatic nitrogens is 1. The van der Waals surface area contributed by atoms with E-state index in [1.165, 1.54) is 6.20 Å². The van der Waals surface area contributed by atoms with Gasteiger partial charge in [-0.1, -0.05) is 11.6 Å². The minimum atomic E-state index is -0.111. The predicted molar refractivity (Wildman–Crippen MR) is 69.3 cm³/mol. The van der Waals surface area contributed by atoms with Crippen LogP contribution < -0.4 is 5.32 Å². The molecule has 1 amide bonds. The Bertz CT molecular complexity index is 365. The molecule has 0 aromatic carbocycles. The highest BCUT2D eigenvalue weighted by Crippen LogP contribution is 2.05. The van der Waals surface area contributed by atoms with Crippen LogP contribution in [0.2, 0.25) is 5.15 Å². The van der Waals surface area contributed by atoms with Gasteiger partial charge in [-0.2, -0.15) is 0 Å². The molecular formula is C12H18ClN3O. The van der Waals surface area contributed by atoms with Crippen LogP contribution in [-0.4, -0.2) is 42.5 Å². The van der Waals surface area contributed by atoms with Gasteiger partial charge < -0.3 is 10.2 Å². The van der Waals surface area contributed by atoms with Crippen molar-refractivity contribution < 1.29 is 4.79 Å². The van der Waals surface area contributed by atoms with Crippen LogP contribution in [0.15, 0.2) is 18.3 Å². The van der Waals surface area contributed by atoms with E-state index < -0.39 is 0 Å². The lowest BCUT2D eigenvalue weighted by molar-refractivity contribution is 0.0936. The molecule has 5 heteroatoms. The molecule has 0 aliphatic heterocycles. The van der Waals surface area contributed by atoms with Gasteiger partial charge in [-0.25, -0.2) is 4.98 Å². The Morgan fingerprint density at radius 1 is 1.53 bits per heavy atom. The molecule has 1 heterocycles. The summed E-state index contributed by atoms with van der Waals surface area (Å²) in [4.78, 5) is 17.8. The molecule has 0 saturated carbocycles. The third-order valence-electron chi connectivity index (χ3n) is 2.38. The van der Waals surface area contributed by atoms with Crippen LogP contribution in [0.3, 0.4) is 0 Å². The predicted octanol–water partition coefficient (Wildman–Crippen LogP) is 1.81. The summed E-state index contributed by atoms with van der Waals surface area (Å²) in [5, 5.41) is 3.31. The molecule has 1 aromatic rings. The van der Waals surface area contributed by atoms with Crippen LogP contribution in [-0.2, 0) is 0 Å². The lowest BCUT2D eigenvalue weighted by atomic mass is 10.2. The Balaban J connectivity index is 2.46. The van der Waals surface area contributed by atoms with Crippen LogP contribution in [0, 0.1) is 0 Å². The second-order valence-electron chi connectivity index (χ2n) is 4.34. The molecule has 4 nitrogen and oxygen atoms in total. The Morgan fingerprint density at radius 2 is 2.24 bits per heavy atom. The maximum absolute atomic E-state index is 11.8. The second kappa shape index (κ2) is 6.57. The first kappa shape index (κ1) is 13.9. The van der Waals surface area contributed by atoms with Crippen molar-refractivity contribution in [3.05, 3.63) is 29.0 Å². The number of halogens is 1. The fourth-order valence-corrected chi connectivity index (χ4v) is 1.45. The summed E-state index contributed by atoms with van der Waals surface area (Å²) >= 11 is 5.66. The number of rotatable bonds is 5. The standard InChI is InChI=1S/C12H18ClN3O/c1-9(6-7-16(2)3)15-12(17)10-4-5-11(13)14-8-10/h4-5,8-9H,6-7H2,1-3H3,(H,15,17). The van der Waals surface area contributed by atoms with Gasteiger partial charge in [0.05, 0.1) is 5.56 Å². The topological polar surface area (TPSA) is 45.2 Å². The molecule has 0 bridgehead atoms. The molecule has 0 spiro atoms. The van der Waals surface area contributed by atoms with Crippen molar-refractivity contribution in [2.24, 2.45) is 0 Å². The molecule has 94 valence electrons. The summed E-state index contributed by atoms with van der Waals surface area (Å²) in [7, 11) is 4.02. The second-order valence-corrected chi connectivity index (χ2v) is 4.72. The van der Waals surface area contributed by atoms with Crippen LogP contribution in [0.25, 0.3) is 0 Å². The number of pyridine rings is 1. The summed E-state index contributed by atoms with van der Waals surface area (Å²) < 4.78 is 0. The van der Waals surface area contributed by atoms with E-state index in [1.54, 1.807) is 12.1 Å². The molecular weight excluding hydrogens is 238 g/mol. The summed E-state index contributed by atoms with van der Waals surface area (Å²) in [5.41, 5.74) is 0.533. The first-order valence-electron chi connectivity index (χ1n) is 5.56. The highest BCUT2D eigenvalue weighted by Gasteiger charge is 2.10. The van der Waals surface area contributed by atoms with Gasteiger partial charge in [-0.3, -0.25) is 4.79 Å². The van der Waals surface area contributed by atoms with E-state index in [1.807, 2.05) is 21.0 Å². The SMILES string of the molecule is CC(CCN(C)C)NC(=O)c1ccc(Cl)nc1. The highest BCUT2D eigenvalue weighted by atomic mass is 35.5. The molecule has 0 radical (unpaired) electrons. The number of hydrogen-bond acceptors (Lipinski definition) is 3. The van der Waals surface area contributed by atoms with Gasteiger partial charge in [0.15, 0.2) is 0 Å². The van der Waals surface area contributed by atoms with Crippen LogP contribution >= 0.6 is 11.6 Å². The third-order valence-corrected chi connectivity index (χ3v) is 2.60. The molecule has 1 atom stereocenters. The zero-order valence-corrected chi connectivity index (χ0v) is 11.2. The highest BCUT2D eigenvalue weighted by molar-refractivity contribution is 6.29. The molecule has 0 fully saturated rings. The van der Waals surface area contributed by atoms with Gasteiger partial charge >= 0.3 is 0 Å². The fourth-order valence-electron chi connectivity index (χ4n) is 1.34. The number of amides is 1. The Hall–Kier alpha value is -1.13. The largest absolute Gasteiger partial charge is 0.349 e. The van der Waals surface area contributed by atoms with Crippen LogP contribution in [0.4, 0.5) is 0 Å². The lowest BCUT2D eigenvalue weighted by Crippen LogP contribution is -2.34. The molecule has 1 N–H and O–H groups in total. The average molecular weight is 256 g/mol. The number of hydrogen-bond donors (Lipinski definition) is 1. The van der Waals surface area contributed by atoms with Crippen molar-refractivity contribution in [1.29, 1.82) is 0 Å². The van der Waals surface area contributed by atoms with E-state index in [9.17, 15) is 4.79 Å². The smallest absolute Gasteiger partial charge is 0.253 e. The first-order chi connectivity index (χ1) is 7.99. The van der Waals surface area contributed by atoms with Crippen molar-refractivity contribution in [3.8, 4) is 0 Å². The van der Waals surface area contributed by atoms with Crippen LogP contribution in [0.5, 0.6) is 0 Å². The zero-order valence-electron chi connectivity index (χ0n) is 10.4. The van der Waals surface area contributed by atoms with Crippen LogP contribution in [0.1, 0.15) is 23.7 Å². The maximum Gasteiger partial charge on any atom is 0.253 e. The van der Waals surface area contributed by atoms with Crippen molar-refractivity contribution in [2.45, 2.75) is 19.4 Å². The molecule has 0 saturated heterocycles. The van der Waals surface area contributed by atoms with Gasteiger partial charge in [0, 0.05) is 12.2 Å². The van der Waals surface area contributed by atoms with Crippen molar-refractivity contribution in [1.82, 2.24) is 15.2 Å². The van der Waals surface area contributed by atoms with E-state index in [0.717, 1.165) is 13.0 Å². The quantitative estimate of drug-likeness (QED) is 0.817. The summed E-state index contributed by atoms with van der Waals surface area (Å²) in [6, 6.07) is 3.42. The minimum absolute atomic E-state index is 0.111. The lowest BCUT2D eigenvalue weighted by Gasteiger charge is -2.16. The normalized spacial score (nSPS) is 12.5. The van der Waals surface area contributed by atoms with Gasteiger partial charge in [-0.15, -0.1) is 0 Å². The van der Waals surface area contributed by atoms with E-state index in [0.29, 0.717) is 10.7 Å². The number of nitrogens with zero attached hydrogens (tertiary/aromatic N) is 2. The Kier molecular flexibility index (Phi) is 5.38. The van der Waals surface area contributed by atoms with E-state index >= 15 is 0 Å². The zero-order chi connectivity index (χ0) is 12.8. The molecule has 0 aliphatic rings. The molecule has 1 unspecified atom stereocenters. The number of carbonyl (C=O) groups is 1. The first-order valence-corrected chi connectivity index (χ1v) is 5.94. The summed E-state index contributed by atoms with van der Waals surface area (Å²) in [6.45, 7) is 2.94. The van der Waals surface area contributed by atoms with Crippen molar-refractivity contribution >= 4 is 17.5 Å². The number of nitrogens with one attached hydrogen (secondary N) is 1. The molecule has 0 aliphatic carbocycles.